The van der Waals surface area contributed by atoms with Gasteiger partial charge >= 0.3 is 0 Å². The van der Waals surface area contributed by atoms with Crippen molar-refractivity contribution in [3.05, 3.63) is 63.6 Å². The van der Waals surface area contributed by atoms with Gasteiger partial charge in [0.25, 0.3) is 0 Å². The summed E-state index contributed by atoms with van der Waals surface area (Å²) in [5, 5.41) is 3.64. The number of carbonyl (C=O) groups is 2. The van der Waals surface area contributed by atoms with Crippen molar-refractivity contribution >= 4 is 45.0 Å². The Labute approximate surface area is 212 Å². The van der Waals surface area contributed by atoms with Crippen LogP contribution in [0, 0.1) is 6.92 Å². The molecule has 2 rings (SSSR count). The number of hydrogen-bond donors (Lipinski definition) is 1. The van der Waals surface area contributed by atoms with Crippen molar-refractivity contribution in [1.29, 1.82) is 0 Å². The van der Waals surface area contributed by atoms with Gasteiger partial charge in [0.15, 0.2) is 0 Å². The zero-order chi connectivity index (χ0) is 25.8. The third kappa shape index (κ3) is 7.43. The van der Waals surface area contributed by atoms with Gasteiger partial charge in [0.1, 0.15) is 6.04 Å². The Morgan fingerprint density at radius 3 is 2.18 bits per heavy atom. The molecule has 2 aromatic carbocycles. The summed E-state index contributed by atoms with van der Waals surface area (Å²) in [5.41, 5.74) is 0.991. The molecule has 0 aliphatic carbocycles. The van der Waals surface area contributed by atoms with Gasteiger partial charge in [-0.05, 0) is 64.4 Å². The summed E-state index contributed by atoms with van der Waals surface area (Å²) in [4.78, 5) is 27.6. The number of benzene rings is 2. The van der Waals surface area contributed by atoms with Gasteiger partial charge in [-0.2, -0.15) is 4.31 Å². The maximum atomic E-state index is 13.4. The summed E-state index contributed by atoms with van der Waals surface area (Å²) in [6.07, 6.45) is 0. The number of sulfonamides is 1. The van der Waals surface area contributed by atoms with Gasteiger partial charge < -0.3 is 10.2 Å². The average molecular weight is 529 g/mol. The van der Waals surface area contributed by atoms with Crippen LogP contribution in [0.3, 0.4) is 0 Å². The fraction of sp³-hybridized carbons (Fsp3) is 0.417. The third-order valence-electron chi connectivity index (χ3n) is 5.11. The maximum Gasteiger partial charge on any atom is 0.243 e. The molecule has 0 aromatic heterocycles. The second-order valence-electron chi connectivity index (χ2n) is 9.25. The van der Waals surface area contributed by atoms with E-state index < -0.39 is 34.1 Å². The Morgan fingerprint density at radius 1 is 1.06 bits per heavy atom. The summed E-state index contributed by atoms with van der Waals surface area (Å²) in [7, 11) is -2.57. The number of amides is 2. The van der Waals surface area contributed by atoms with Gasteiger partial charge in [0.05, 0.1) is 11.4 Å². The third-order valence-corrected chi connectivity index (χ3v) is 7.51. The Bertz CT molecular complexity index is 1150. The van der Waals surface area contributed by atoms with Crippen LogP contribution in [0.5, 0.6) is 0 Å². The number of rotatable bonds is 8. The van der Waals surface area contributed by atoms with E-state index >= 15 is 0 Å². The number of nitrogens with one attached hydrogen (secondary N) is 1. The summed E-state index contributed by atoms with van der Waals surface area (Å²) >= 11 is 12.3. The number of nitrogens with zero attached hydrogens (tertiary/aromatic N) is 2. The molecule has 0 saturated heterocycles. The van der Waals surface area contributed by atoms with E-state index in [-0.39, 0.29) is 17.3 Å². The van der Waals surface area contributed by atoms with Crippen LogP contribution in [0.15, 0.2) is 47.4 Å². The Morgan fingerprint density at radius 2 is 1.65 bits per heavy atom. The molecule has 10 heteroatoms. The van der Waals surface area contributed by atoms with Crippen LogP contribution in [0.1, 0.15) is 38.8 Å². The minimum absolute atomic E-state index is 0.00594. The van der Waals surface area contributed by atoms with Crippen LogP contribution >= 0.6 is 23.2 Å². The van der Waals surface area contributed by atoms with E-state index in [1.807, 2.05) is 27.7 Å². The van der Waals surface area contributed by atoms with Crippen LogP contribution < -0.4 is 5.32 Å². The summed E-state index contributed by atoms with van der Waals surface area (Å²) in [5.74, 6) is -0.907. The number of aryl methyl sites for hydroxylation is 1. The molecule has 0 unspecified atom stereocenters. The SMILES string of the molecule is Cc1ccc(S(=O)(=O)N(C)CC(=O)N(Cc2ccc(Cl)cc2Cl)[C@H](C)C(=O)NC(C)(C)C)cc1. The van der Waals surface area contributed by atoms with Crippen LogP contribution in [0.2, 0.25) is 10.0 Å². The van der Waals surface area contributed by atoms with E-state index in [2.05, 4.69) is 5.32 Å². The van der Waals surface area contributed by atoms with Crippen molar-refractivity contribution in [3.8, 4) is 0 Å². The molecule has 0 aliphatic rings. The highest BCUT2D eigenvalue weighted by Gasteiger charge is 2.31. The first-order chi connectivity index (χ1) is 15.6. The van der Waals surface area contributed by atoms with Gasteiger partial charge in [0, 0.05) is 29.2 Å². The Kier molecular flexibility index (Phi) is 9.16. The van der Waals surface area contributed by atoms with Gasteiger partial charge in [-0.15, -0.1) is 0 Å². The highest BCUT2D eigenvalue weighted by Crippen LogP contribution is 2.24. The normalized spacial score (nSPS) is 13.0. The zero-order valence-electron chi connectivity index (χ0n) is 20.2. The van der Waals surface area contributed by atoms with Crippen molar-refractivity contribution in [1.82, 2.24) is 14.5 Å². The molecule has 34 heavy (non-hydrogen) atoms. The van der Waals surface area contributed by atoms with E-state index in [1.165, 1.54) is 24.1 Å². The molecule has 0 spiro atoms. The van der Waals surface area contributed by atoms with E-state index in [4.69, 9.17) is 23.2 Å². The summed E-state index contributed by atoms with van der Waals surface area (Å²) in [6.45, 7) is 8.51. The standard InChI is InChI=1S/C24H31Cl2N3O4S/c1-16-7-11-20(12-8-16)34(32,33)28(6)15-22(30)29(17(2)23(31)27-24(3,4)5)14-18-9-10-19(25)13-21(18)26/h7-13,17H,14-15H2,1-6H3,(H,27,31)/t17-/m1/s1. The summed E-state index contributed by atoms with van der Waals surface area (Å²) in [6, 6.07) is 10.4. The van der Waals surface area contributed by atoms with E-state index in [0.29, 0.717) is 15.6 Å². The number of hydrogen-bond acceptors (Lipinski definition) is 4. The van der Waals surface area contributed by atoms with Gasteiger partial charge in [0.2, 0.25) is 21.8 Å². The minimum atomic E-state index is -3.90. The van der Waals surface area contributed by atoms with Crippen LogP contribution in [0.4, 0.5) is 0 Å². The van der Waals surface area contributed by atoms with Crippen molar-refractivity contribution in [2.45, 2.75) is 57.6 Å². The lowest BCUT2D eigenvalue weighted by Gasteiger charge is -2.32. The largest absolute Gasteiger partial charge is 0.350 e. The highest BCUT2D eigenvalue weighted by molar-refractivity contribution is 7.89. The Balaban J connectivity index is 2.33. The molecule has 7 nitrogen and oxygen atoms in total. The van der Waals surface area contributed by atoms with E-state index in [0.717, 1.165) is 9.87 Å². The maximum absolute atomic E-state index is 13.4. The lowest BCUT2D eigenvalue weighted by molar-refractivity contribution is -0.141. The molecule has 186 valence electrons. The monoisotopic (exact) mass is 527 g/mol. The van der Waals surface area contributed by atoms with Gasteiger partial charge in [-0.1, -0.05) is 47.0 Å². The quantitative estimate of drug-likeness (QED) is 0.555. The summed E-state index contributed by atoms with van der Waals surface area (Å²) < 4.78 is 26.9. The molecule has 0 heterocycles. The molecule has 1 atom stereocenters. The molecule has 0 saturated carbocycles. The molecular weight excluding hydrogens is 497 g/mol. The fourth-order valence-electron chi connectivity index (χ4n) is 3.15. The number of carbonyl (C=O) groups excluding carboxylic acids is 2. The van der Waals surface area contributed by atoms with Gasteiger partial charge in [-0.25, -0.2) is 8.42 Å². The first kappa shape index (κ1) is 28.1. The molecule has 0 fully saturated rings. The number of likely N-dealkylation sites (N-methyl/N-ethyl adjacent to an activating group) is 1. The lowest BCUT2D eigenvalue weighted by Crippen LogP contribution is -2.54. The van der Waals surface area contributed by atoms with Crippen molar-refractivity contribution in [2.75, 3.05) is 13.6 Å². The average Bonchev–Trinajstić information content (AvgIpc) is 2.71. The predicted molar refractivity (Wildman–Crippen MR) is 135 cm³/mol. The van der Waals surface area contributed by atoms with Crippen molar-refractivity contribution in [2.24, 2.45) is 0 Å². The Hall–Kier alpha value is -2.13. The zero-order valence-corrected chi connectivity index (χ0v) is 22.6. The van der Waals surface area contributed by atoms with Crippen molar-refractivity contribution < 1.29 is 18.0 Å². The number of halogens is 2. The van der Waals surface area contributed by atoms with Crippen molar-refractivity contribution in [3.63, 3.8) is 0 Å². The predicted octanol–water partition coefficient (Wildman–Crippen LogP) is 4.25. The van der Waals surface area contributed by atoms with Crippen LogP contribution in [-0.2, 0) is 26.2 Å². The minimum Gasteiger partial charge on any atom is -0.350 e. The van der Waals surface area contributed by atoms with E-state index in [1.54, 1.807) is 37.3 Å². The highest BCUT2D eigenvalue weighted by atomic mass is 35.5. The van der Waals surface area contributed by atoms with E-state index in [9.17, 15) is 18.0 Å². The topological polar surface area (TPSA) is 86.8 Å². The van der Waals surface area contributed by atoms with Gasteiger partial charge in [-0.3, -0.25) is 9.59 Å². The lowest BCUT2D eigenvalue weighted by atomic mass is 10.1. The smallest absolute Gasteiger partial charge is 0.243 e. The second-order valence-corrected chi connectivity index (χ2v) is 12.1. The first-order valence-corrected chi connectivity index (χ1v) is 12.9. The first-order valence-electron chi connectivity index (χ1n) is 10.7. The molecule has 0 aliphatic heterocycles. The molecular formula is C24H31Cl2N3O4S. The molecule has 2 amide bonds. The molecule has 0 radical (unpaired) electrons. The molecule has 2 aromatic rings. The van der Waals surface area contributed by atoms with Crippen LogP contribution in [0.25, 0.3) is 0 Å². The molecule has 0 bridgehead atoms. The second kappa shape index (κ2) is 11.1. The molecule has 1 N–H and O–H groups in total. The fourth-order valence-corrected chi connectivity index (χ4v) is 4.74. The van der Waals surface area contributed by atoms with Crippen LogP contribution in [-0.4, -0.2) is 54.6 Å².